The van der Waals surface area contributed by atoms with E-state index in [4.69, 9.17) is 0 Å². The molecule has 2 aromatic carbocycles. The summed E-state index contributed by atoms with van der Waals surface area (Å²) < 4.78 is 0. The monoisotopic (exact) mass is 225 g/mol. The molecule has 2 rings (SSSR count). The van der Waals surface area contributed by atoms with Crippen LogP contribution >= 0.6 is 0 Å². The third-order valence-corrected chi connectivity index (χ3v) is 2.48. The second kappa shape index (κ2) is 4.61. The molecule has 0 saturated heterocycles. The van der Waals surface area contributed by atoms with Crippen molar-refractivity contribution in [1.29, 1.82) is 0 Å². The van der Waals surface area contributed by atoms with Gasteiger partial charge in [0, 0.05) is 11.1 Å². The van der Waals surface area contributed by atoms with Crippen molar-refractivity contribution in [2.24, 2.45) is 0 Å². The molecule has 0 aliphatic carbocycles. The van der Waals surface area contributed by atoms with Crippen LogP contribution in [0.1, 0.15) is 20.7 Å². The smallest absolute Gasteiger partial charge is 0.150 e. The van der Waals surface area contributed by atoms with Crippen LogP contribution in [0.5, 0.6) is 0 Å². The molecule has 0 bridgehead atoms. The lowest BCUT2D eigenvalue weighted by Crippen LogP contribution is -2.22. The van der Waals surface area contributed by atoms with Gasteiger partial charge in [-0.1, -0.05) is 42.5 Å². The Labute approximate surface area is 98.3 Å². The van der Waals surface area contributed by atoms with Crippen molar-refractivity contribution in [3.05, 3.63) is 59.7 Å². The van der Waals surface area contributed by atoms with Gasteiger partial charge in [0.15, 0.2) is 0 Å². The van der Waals surface area contributed by atoms with Gasteiger partial charge >= 0.3 is 0 Å². The number of carboxylic acid groups (broad SMARTS) is 1. The summed E-state index contributed by atoms with van der Waals surface area (Å²) in [6.07, 6.45) is 0.727. The van der Waals surface area contributed by atoms with E-state index in [0.717, 1.165) is 6.29 Å². The van der Waals surface area contributed by atoms with Crippen LogP contribution < -0.4 is 5.11 Å². The van der Waals surface area contributed by atoms with E-state index in [-0.39, 0.29) is 5.56 Å². The third kappa shape index (κ3) is 2.23. The molecule has 3 nitrogen and oxygen atoms in total. The molecule has 0 amide bonds. The first kappa shape index (κ1) is 11.1. The number of carbonyl (C=O) groups is 2. The molecular weight excluding hydrogens is 216 g/mol. The van der Waals surface area contributed by atoms with Crippen LogP contribution in [0.25, 0.3) is 11.1 Å². The normalized spacial score (nSPS) is 9.88. The highest BCUT2D eigenvalue weighted by molar-refractivity contribution is 5.95. The van der Waals surface area contributed by atoms with Gasteiger partial charge < -0.3 is 9.90 Å². The fraction of sp³-hybridized carbons (Fsp3) is 0. The second-order valence-corrected chi connectivity index (χ2v) is 3.58. The van der Waals surface area contributed by atoms with Crippen LogP contribution in [0.2, 0.25) is 0 Å². The standard InChI is InChI=1S/C14H10O3/c15-9-10-4-3-5-11(8-10)12-6-1-2-7-13(12)14(16)17/h1-9H,(H,16,17)/p-1. The molecular formula is C14H9O3-. The number of aldehydes is 1. The van der Waals surface area contributed by atoms with Gasteiger partial charge in [0.1, 0.15) is 6.29 Å². The van der Waals surface area contributed by atoms with E-state index >= 15 is 0 Å². The molecule has 84 valence electrons. The van der Waals surface area contributed by atoms with E-state index in [9.17, 15) is 14.7 Å². The number of carbonyl (C=O) groups excluding carboxylic acids is 2. The number of rotatable bonds is 3. The summed E-state index contributed by atoms with van der Waals surface area (Å²) >= 11 is 0. The van der Waals surface area contributed by atoms with E-state index in [1.807, 2.05) is 0 Å². The Morgan fingerprint density at radius 3 is 2.53 bits per heavy atom. The van der Waals surface area contributed by atoms with E-state index in [0.29, 0.717) is 16.7 Å². The summed E-state index contributed by atoms with van der Waals surface area (Å²) in [6, 6.07) is 13.3. The fourth-order valence-corrected chi connectivity index (χ4v) is 1.69. The van der Waals surface area contributed by atoms with Gasteiger partial charge in [0.25, 0.3) is 0 Å². The fourth-order valence-electron chi connectivity index (χ4n) is 1.69. The molecule has 0 saturated carbocycles. The molecule has 0 heterocycles. The predicted octanol–water partition coefficient (Wildman–Crippen LogP) is 1.53. The van der Waals surface area contributed by atoms with Crippen molar-refractivity contribution in [3.63, 3.8) is 0 Å². The van der Waals surface area contributed by atoms with Crippen molar-refractivity contribution in [3.8, 4) is 11.1 Å². The molecule has 0 atom stereocenters. The molecule has 0 aromatic heterocycles. The average molecular weight is 225 g/mol. The summed E-state index contributed by atoms with van der Waals surface area (Å²) in [4.78, 5) is 21.6. The molecule has 17 heavy (non-hydrogen) atoms. The van der Waals surface area contributed by atoms with Gasteiger partial charge in [0.05, 0.1) is 5.97 Å². The molecule has 0 unspecified atom stereocenters. The average Bonchev–Trinajstić information content (AvgIpc) is 2.39. The maximum Gasteiger partial charge on any atom is 0.150 e. The lowest BCUT2D eigenvalue weighted by Gasteiger charge is -2.10. The molecule has 0 aliphatic heterocycles. The highest BCUT2D eigenvalue weighted by Gasteiger charge is 2.05. The van der Waals surface area contributed by atoms with Crippen LogP contribution in [0.3, 0.4) is 0 Å². The Morgan fingerprint density at radius 2 is 1.82 bits per heavy atom. The highest BCUT2D eigenvalue weighted by Crippen LogP contribution is 2.23. The van der Waals surface area contributed by atoms with Gasteiger partial charge in [0.2, 0.25) is 0 Å². The van der Waals surface area contributed by atoms with Crippen molar-refractivity contribution >= 4 is 12.3 Å². The first-order valence-corrected chi connectivity index (χ1v) is 5.08. The maximum absolute atomic E-state index is 11.0. The van der Waals surface area contributed by atoms with E-state index in [1.165, 1.54) is 6.07 Å². The van der Waals surface area contributed by atoms with Gasteiger partial charge in [-0.05, 0) is 17.2 Å². The van der Waals surface area contributed by atoms with Gasteiger partial charge in [-0.3, -0.25) is 4.79 Å². The van der Waals surface area contributed by atoms with Gasteiger partial charge in [-0.15, -0.1) is 0 Å². The SMILES string of the molecule is O=Cc1cccc(-c2ccccc2C(=O)[O-])c1. The molecule has 0 radical (unpaired) electrons. The highest BCUT2D eigenvalue weighted by atomic mass is 16.4. The Hall–Kier alpha value is -2.42. The quantitative estimate of drug-likeness (QED) is 0.744. The summed E-state index contributed by atoms with van der Waals surface area (Å²) in [6.45, 7) is 0. The van der Waals surface area contributed by atoms with Crippen LogP contribution in [0, 0.1) is 0 Å². The Balaban J connectivity index is 2.59. The number of carboxylic acids is 1. The number of aromatic carboxylic acids is 1. The van der Waals surface area contributed by atoms with Crippen molar-refractivity contribution in [2.75, 3.05) is 0 Å². The van der Waals surface area contributed by atoms with Crippen LogP contribution in [-0.2, 0) is 0 Å². The number of hydrogen-bond acceptors (Lipinski definition) is 3. The zero-order chi connectivity index (χ0) is 12.3. The molecule has 3 heteroatoms. The minimum absolute atomic E-state index is 0.121. The summed E-state index contributed by atoms with van der Waals surface area (Å²) in [5, 5.41) is 11.0. The van der Waals surface area contributed by atoms with Gasteiger partial charge in [-0.2, -0.15) is 0 Å². The van der Waals surface area contributed by atoms with Crippen LogP contribution in [-0.4, -0.2) is 12.3 Å². The van der Waals surface area contributed by atoms with Crippen LogP contribution in [0.4, 0.5) is 0 Å². The Morgan fingerprint density at radius 1 is 1.06 bits per heavy atom. The summed E-state index contributed by atoms with van der Waals surface area (Å²) in [5.41, 5.74) is 1.87. The topological polar surface area (TPSA) is 57.2 Å². The first-order valence-electron chi connectivity index (χ1n) is 5.08. The number of hydrogen-bond donors (Lipinski definition) is 0. The molecule has 2 aromatic rings. The lowest BCUT2D eigenvalue weighted by molar-refractivity contribution is -0.254. The second-order valence-electron chi connectivity index (χ2n) is 3.58. The van der Waals surface area contributed by atoms with Crippen molar-refractivity contribution < 1.29 is 14.7 Å². The van der Waals surface area contributed by atoms with Crippen LogP contribution in [0.15, 0.2) is 48.5 Å². The zero-order valence-electron chi connectivity index (χ0n) is 8.92. The van der Waals surface area contributed by atoms with E-state index in [1.54, 1.807) is 42.5 Å². The summed E-state index contributed by atoms with van der Waals surface area (Å²) in [5.74, 6) is -1.22. The summed E-state index contributed by atoms with van der Waals surface area (Å²) in [7, 11) is 0. The van der Waals surface area contributed by atoms with Crippen molar-refractivity contribution in [1.82, 2.24) is 0 Å². The largest absolute Gasteiger partial charge is 0.545 e. The van der Waals surface area contributed by atoms with E-state index < -0.39 is 5.97 Å². The molecule has 0 fully saturated rings. The first-order chi connectivity index (χ1) is 8.22. The Kier molecular flexibility index (Phi) is 3.01. The maximum atomic E-state index is 11.0. The Bertz CT molecular complexity index is 573. The molecule has 0 N–H and O–H groups in total. The molecule has 0 aliphatic rings. The lowest BCUT2D eigenvalue weighted by atomic mass is 9.98. The van der Waals surface area contributed by atoms with E-state index in [2.05, 4.69) is 0 Å². The third-order valence-electron chi connectivity index (χ3n) is 2.48. The molecule has 0 spiro atoms. The minimum atomic E-state index is -1.22. The van der Waals surface area contributed by atoms with Crippen molar-refractivity contribution in [2.45, 2.75) is 0 Å². The number of benzene rings is 2. The minimum Gasteiger partial charge on any atom is -0.545 e. The zero-order valence-corrected chi connectivity index (χ0v) is 8.92. The van der Waals surface area contributed by atoms with Gasteiger partial charge in [-0.25, -0.2) is 0 Å². The predicted molar refractivity (Wildman–Crippen MR) is 61.6 cm³/mol.